The van der Waals surface area contributed by atoms with Gasteiger partial charge in [-0.15, -0.1) is 11.8 Å². The third-order valence-electron chi connectivity index (χ3n) is 2.55. The van der Waals surface area contributed by atoms with Crippen LogP contribution in [-0.2, 0) is 19.1 Å². The van der Waals surface area contributed by atoms with E-state index in [2.05, 4.69) is 5.32 Å². The highest BCUT2D eigenvalue weighted by Crippen LogP contribution is 2.07. The fraction of sp³-hybridized carbons (Fsp3) is 0.727. The molecule has 1 rings (SSSR count). The normalized spacial score (nSPS) is 16.8. The minimum absolute atomic E-state index is 0.0275. The fourth-order valence-corrected chi connectivity index (χ4v) is 2.52. The minimum atomic E-state index is -1.10. The molecule has 1 heterocycles. The van der Waals surface area contributed by atoms with Gasteiger partial charge in [0.25, 0.3) is 0 Å². The number of nitrogens with zero attached hydrogens (tertiary/aromatic N) is 1. The van der Waals surface area contributed by atoms with Crippen LogP contribution in [0.1, 0.15) is 6.92 Å². The lowest BCUT2D eigenvalue weighted by Crippen LogP contribution is -2.43. The van der Waals surface area contributed by atoms with Crippen LogP contribution < -0.4 is 5.32 Å². The molecule has 0 aromatic rings. The molecule has 19 heavy (non-hydrogen) atoms. The number of amides is 2. The van der Waals surface area contributed by atoms with Crippen molar-refractivity contribution >= 4 is 29.5 Å². The molecule has 1 atom stereocenters. The van der Waals surface area contributed by atoms with Crippen LogP contribution >= 0.6 is 11.8 Å². The Labute approximate surface area is 115 Å². The van der Waals surface area contributed by atoms with Crippen molar-refractivity contribution < 1.29 is 24.2 Å². The molecule has 8 heteroatoms. The van der Waals surface area contributed by atoms with E-state index in [1.807, 2.05) is 0 Å². The molecule has 1 aliphatic rings. The first kappa shape index (κ1) is 15.8. The van der Waals surface area contributed by atoms with Crippen LogP contribution in [0.2, 0.25) is 0 Å². The zero-order valence-corrected chi connectivity index (χ0v) is 11.6. The number of hydrogen-bond acceptors (Lipinski definition) is 5. The van der Waals surface area contributed by atoms with E-state index in [9.17, 15) is 14.4 Å². The van der Waals surface area contributed by atoms with Crippen LogP contribution in [0.5, 0.6) is 0 Å². The first-order valence-corrected chi connectivity index (χ1v) is 7.09. The standard InChI is InChI=1S/C11H18N2O5S/c1-8(14)12-9(11(16)17)6-19-7-10(15)13-2-4-18-5-3-13/h9H,2-7H2,1H3,(H,12,14)(H,16,17)/t9-/m0/s1. The predicted octanol–water partition coefficient (Wildman–Crippen LogP) is -0.832. The molecule has 0 saturated carbocycles. The van der Waals surface area contributed by atoms with Crippen molar-refractivity contribution in [3.63, 3.8) is 0 Å². The van der Waals surface area contributed by atoms with Gasteiger partial charge >= 0.3 is 5.97 Å². The summed E-state index contributed by atoms with van der Waals surface area (Å²) in [6.07, 6.45) is 0. The molecule has 0 bridgehead atoms. The zero-order chi connectivity index (χ0) is 14.3. The Morgan fingerprint density at radius 2 is 2.00 bits per heavy atom. The van der Waals surface area contributed by atoms with Crippen LogP contribution in [0.25, 0.3) is 0 Å². The number of carbonyl (C=O) groups excluding carboxylic acids is 2. The second-order valence-corrected chi connectivity index (χ2v) is 5.13. The number of rotatable bonds is 6. The first-order valence-electron chi connectivity index (χ1n) is 5.94. The second-order valence-electron chi connectivity index (χ2n) is 4.10. The SMILES string of the molecule is CC(=O)N[C@@H](CSCC(=O)N1CCOCC1)C(=O)O. The third kappa shape index (κ3) is 5.93. The van der Waals surface area contributed by atoms with Crippen molar-refractivity contribution in [3.05, 3.63) is 0 Å². The number of thioether (sulfide) groups is 1. The topological polar surface area (TPSA) is 95.9 Å². The maximum atomic E-state index is 11.8. The lowest BCUT2D eigenvalue weighted by molar-refractivity contribution is -0.140. The van der Waals surface area contributed by atoms with Gasteiger partial charge < -0.3 is 20.1 Å². The van der Waals surface area contributed by atoms with Gasteiger partial charge in [0.15, 0.2) is 0 Å². The van der Waals surface area contributed by atoms with Crippen LogP contribution in [0, 0.1) is 0 Å². The van der Waals surface area contributed by atoms with Gasteiger partial charge in [0.2, 0.25) is 11.8 Å². The third-order valence-corrected chi connectivity index (χ3v) is 3.57. The van der Waals surface area contributed by atoms with Crippen molar-refractivity contribution in [2.45, 2.75) is 13.0 Å². The summed E-state index contributed by atoms with van der Waals surface area (Å²) < 4.78 is 5.14. The molecule has 0 unspecified atom stereocenters. The molecule has 1 saturated heterocycles. The van der Waals surface area contributed by atoms with E-state index in [1.54, 1.807) is 4.90 Å². The van der Waals surface area contributed by atoms with E-state index >= 15 is 0 Å². The molecule has 0 radical (unpaired) electrons. The number of carboxylic acids is 1. The first-order chi connectivity index (χ1) is 9.00. The molecule has 2 amide bonds. The zero-order valence-electron chi connectivity index (χ0n) is 10.8. The maximum absolute atomic E-state index is 11.8. The van der Waals surface area contributed by atoms with Gasteiger partial charge in [-0.3, -0.25) is 9.59 Å². The number of carboxylic acid groups (broad SMARTS) is 1. The second kappa shape index (κ2) is 8.00. The summed E-state index contributed by atoms with van der Waals surface area (Å²) in [6.45, 7) is 3.50. The summed E-state index contributed by atoms with van der Waals surface area (Å²) in [4.78, 5) is 35.2. The molecule has 7 nitrogen and oxygen atoms in total. The van der Waals surface area contributed by atoms with E-state index in [4.69, 9.17) is 9.84 Å². The number of morpholine rings is 1. The number of hydrogen-bond donors (Lipinski definition) is 2. The Hall–Kier alpha value is -1.28. The highest BCUT2D eigenvalue weighted by molar-refractivity contribution is 8.00. The predicted molar refractivity (Wildman–Crippen MR) is 70.0 cm³/mol. The molecule has 0 spiro atoms. The lowest BCUT2D eigenvalue weighted by Gasteiger charge is -2.26. The molecule has 2 N–H and O–H groups in total. The van der Waals surface area contributed by atoms with Gasteiger partial charge in [-0.05, 0) is 0 Å². The van der Waals surface area contributed by atoms with Gasteiger partial charge in [-0.2, -0.15) is 0 Å². The van der Waals surface area contributed by atoms with Crippen molar-refractivity contribution in [1.29, 1.82) is 0 Å². The van der Waals surface area contributed by atoms with Crippen molar-refractivity contribution in [2.24, 2.45) is 0 Å². The lowest BCUT2D eigenvalue weighted by atomic mass is 10.3. The highest BCUT2D eigenvalue weighted by atomic mass is 32.2. The van der Waals surface area contributed by atoms with Gasteiger partial charge in [0, 0.05) is 25.8 Å². The van der Waals surface area contributed by atoms with E-state index in [1.165, 1.54) is 18.7 Å². The largest absolute Gasteiger partial charge is 0.480 e. The fourth-order valence-electron chi connectivity index (χ4n) is 1.59. The molecule has 0 aliphatic carbocycles. The van der Waals surface area contributed by atoms with E-state index in [-0.39, 0.29) is 17.4 Å². The van der Waals surface area contributed by atoms with Crippen LogP contribution in [0.15, 0.2) is 0 Å². The quantitative estimate of drug-likeness (QED) is 0.663. The average molecular weight is 290 g/mol. The highest BCUT2D eigenvalue weighted by Gasteiger charge is 2.21. The summed E-state index contributed by atoms with van der Waals surface area (Å²) in [5.41, 5.74) is 0. The molecule has 0 aromatic carbocycles. The number of ether oxygens (including phenoxy) is 1. The van der Waals surface area contributed by atoms with Crippen LogP contribution in [0.4, 0.5) is 0 Å². The summed E-state index contributed by atoms with van der Waals surface area (Å²) in [7, 11) is 0. The molecule has 1 aliphatic heterocycles. The maximum Gasteiger partial charge on any atom is 0.327 e. The van der Waals surface area contributed by atoms with Crippen molar-refractivity contribution in [1.82, 2.24) is 10.2 Å². The Balaban J connectivity index is 2.28. The summed E-state index contributed by atoms with van der Waals surface area (Å²) in [6, 6.07) is -0.958. The smallest absolute Gasteiger partial charge is 0.327 e. The Bertz CT molecular complexity index is 344. The number of aliphatic carboxylic acids is 1. The minimum Gasteiger partial charge on any atom is -0.480 e. The van der Waals surface area contributed by atoms with Crippen LogP contribution in [-0.4, -0.2) is 71.6 Å². The van der Waals surface area contributed by atoms with Crippen molar-refractivity contribution in [3.8, 4) is 0 Å². The number of carbonyl (C=O) groups is 3. The van der Waals surface area contributed by atoms with E-state index < -0.39 is 17.9 Å². The van der Waals surface area contributed by atoms with E-state index in [0.717, 1.165) is 0 Å². The monoisotopic (exact) mass is 290 g/mol. The molecule has 0 aromatic heterocycles. The van der Waals surface area contributed by atoms with Gasteiger partial charge in [0.05, 0.1) is 19.0 Å². The Kier molecular flexibility index (Phi) is 6.65. The van der Waals surface area contributed by atoms with Crippen LogP contribution in [0.3, 0.4) is 0 Å². The molecular formula is C11H18N2O5S. The molecule has 108 valence electrons. The van der Waals surface area contributed by atoms with Gasteiger partial charge in [-0.1, -0.05) is 0 Å². The average Bonchev–Trinajstić information content (AvgIpc) is 2.37. The summed E-state index contributed by atoms with van der Waals surface area (Å²) >= 11 is 1.21. The Morgan fingerprint density at radius 1 is 1.37 bits per heavy atom. The summed E-state index contributed by atoms with van der Waals surface area (Å²) in [5.74, 6) is -1.14. The Morgan fingerprint density at radius 3 is 2.53 bits per heavy atom. The van der Waals surface area contributed by atoms with Crippen molar-refractivity contribution in [2.75, 3.05) is 37.8 Å². The molecule has 1 fully saturated rings. The number of nitrogens with one attached hydrogen (secondary N) is 1. The van der Waals surface area contributed by atoms with Gasteiger partial charge in [0.1, 0.15) is 6.04 Å². The molecular weight excluding hydrogens is 272 g/mol. The van der Waals surface area contributed by atoms with Gasteiger partial charge in [-0.25, -0.2) is 4.79 Å². The van der Waals surface area contributed by atoms with E-state index in [0.29, 0.717) is 26.3 Å². The summed E-state index contributed by atoms with van der Waals surface area (Å²) in [5, 5.41) is 11.2.